The maximum atomic E-state index is 13.3. The Labute approximate surface area is 170 Å². The fourth-order valence-corrected chi connectivity index (χ4v) is 4.87. The molecule has 4 rings (SSSR count). The van der Waals surface area contributed by atoms with Gasteiger partial charge < -0.3 is 14.7 Å². The highest BCUT2D eigenvalue weighted by atomic mass is 32.1. The zero-order valence-electron chi connectivity index (χ0n) is 16.3. The van der Waals surface area contributed by atoms with Gasteiger partial charge in [-0.25, -0.2) is 0 Å². The summed E-state index contributed by atoms with van der Waals surface area (Å²) in [6.45, 7) is 5.87. The highest BCUT2D eigenvalue weighted by molar-refractivity contribution is 7.12. The molecule has 5 nitrogen and oxygen atoms in total. The van der Waals surface area contributed by atoms with Gasteiger partial charge in [0.25, 0.3) is 5.91 Å². The third kappa shape index (κ3) is 3.92. The number of benzene rings is 1. The summed E-state index contributed by atoms with van der Waals surface area (Å²) >= 11 is 1.45. The van der Waals surface area contributed by atoms with E-state index in [1.807, 2.05) is 27.3 Å². The van der Waals surface area contributed by atoms with E-state index in [1.165, 1.54) is 22.6 Å². The van der Waals surface area contributed by atoms with Crippen molar-refractivity contribution in [2.24, 2.45) is 0 Å². The maximum Gasteiger partial charge on any atom is 0.264 e. The molecule has 2 aromatic rings. The summed E-state index contributed by atoms with van der Waals surface area (Å²) < 4.78 is 0. The Morgan fingerprint density at radius 2 is 1.82 bits per heavy atom. The van der Waals surface area contributed by atoms with Crippen molar-refractivity contribution >= 4 is 28.8 Å². The van der Waals surface area contributed by atoms with Gasteiger partial charge in [0.05, 0.1) is 4.88 Å². The molecule has 0 bridgehead atoms. The number of piperidine rings is 1. The second-order valence-corrected chi connectivity index (χ2v) is 8.59. The van der Waals surface area contributed by atoms with Crippen molar-refractivity contribution in [2.75, 3.05) is 37.6 Å². The molecule has 2 aliphatic heterocycles. The van der Waals surface area contributed by atoms with Crippen molar-refractivity contribution in [3.63, 3.8) is 0 Å². The van der Waals surface area contributed by atoms with Crippen molar-refractivity contribution in [3.8, 4) is 0 Å². The standard InChI is InChI=1S/C22H27N3O2S/c1-17-6-4-7-18(16-17)23-11-13-24(14-12-23)21(26)19-8-2-3-10-25(19)22(27)20-9-5-15-28-20/h4-7,9,15-16,19H,2-3,8,10-14H2,1H3. The number of hydrogen-bond donors (Lipinski definition) is 0. The topological polar surface area (TPSA) is 43.9 Å². The number of aryl methyl sites for hydroxylation is 1. The van der Waals surface area contributed by atoms with Gasteiger partial charge in [0.15, 0.2) is 0 Å². The summed E-state index contributed by atoms with van der Waals surface area (Å²) in [7, 11) is 0. The van der Waals surface area contributed by atoms with E-state index in [-0.39, 0.29) is 17.9 Å². The lowest BCUT2D eigenvalue weighted by molar-refractivity contribution is -0.137. The predicted molar refractivity (Wildman–Crippen MR) is 113 cm³/mol. The molecule has 2 fully saturated rings. The van der Waals surface area contributed by atoms with E-state index in [0.717, 1.165) is 37.2 Å². The quantitative estimate of drug-likeness (QED) is 0.797. The fourth-order valence-electron chi connectivity index (χ4n) is 4.19. The average Bonchev–Trinajstić information content (AvgIpc) is 3.28. The Bertz CT molecular complexity index is 828. The summed E-state index contributed by atoms with van der Waals surface area (Å²) in [5.74, 6) is 0.125. The van der Waals surface area contributed by atoms with E-state index in [0.29, 0.717) is 19.6 Å². The highest BCUT2D eigenvalue weighted by Crippen LogP contribution is 2.24. The molecule has 0 spiro atoms. The smallest absolute Gasteiger partial charge is 0.264 e. The molecule has 0 saturated carbocycles. The monoisotopic (exact) mass is 397 g/mol. The minimum atomic E-state index is -0.311. The van der Waals surface area contributed by atoms with Crippen LogP contribution in [0, 0.1) is 6.92 Å². The Morgan fingerprint density at radius 3 is 2.54 bits per heavy atom. The number of thiophene rings is 1. The van der Waals surface area contributed by atoms with Crippen molar-refractivity contribution in [1.82, 2.24) is 9.80 Å². The third-order valence-corrected chi connectivity index (χ3v) is 6.60. The molecule has 28 heavy (non-hydrogen) atoms. The van der Waals surface area contributed by atoms with E-state index in [4.69, 9.17) is 0 Å². The van der Waals surface area contributed by atoms with Crippen LogP contribution in [-0.4, -0.2) is 60.4 Å². The summed E-state index contributed by atoms with van der Waals surface area (Å²) in [4.78, 5) is 33.0. The van der Waals surface area contributed by atoms with Crippen molar-refractivity contribution in [2.45, 2.75) is 32.2 Å². The van der Waals surface area contributed by atoms with Gasteiger partial charge in [-0.1, -0.05) is 18.2 Å². The summed E-state index contributed by atoms with van der Waals surface area (Å²) in [5.41, 5.74) is 2.47. The van der Waals surface area contributed by atoms with Crippen LogP contribution in [0.2, 0.25) is 0 Å². The molecule has 1 atom stereocenters. The van der Waals surface area contributed by atoms with Crippen molar-refractivity contribution < 1.29 is 9.59 Å². The molecule has 2 aliphatic rings. The van der Waals surface area contributed by atoms with Crippen LogP contribution < -0.4 is 4.90 Å². The Balaban J connectivity index is 1.41. The molecule has 1 unspecified atom stereocenters. The van der Waals surface area contributed by atoms with Crippen molar-refractivity contribution in [3.05, 3.63) is 52.2 Å². The van der Waals surface area contributed by atoms with E-state index < -0.39 is 0 Å². The van der Waals surface area contributed by atoms with Gasteiger partial charge in [-0.2, -0.15) is 0 Å². The minimum Gasteiger partial charge on any atom is -0.368 e. The van der Waals surface area contributed by atoms with Gasteiger partial charge in [-0.3, -0.25) is 9.59 Å². The van der Waals surface area contributed by atoms with Crippen LogP contribution in [0.15, 0.2) is 41.8 Å². The number of nitrogens with zero attached hydrogens (tertiary/aromatic N) is 3. The average molecular weight is 398 g/mol. The van der Waals surface area contributed by atoms with Gasteiger partial charge in [0, 0.05) is 38.4 Å². The molecule has 6 heteroatoms. The van der Waals surface area contributed by atoms with Crippen LogP contribution in [0.5, 0.6) is 0 Å². The van der Waals surface area contributed by atoms with E-state index >= 15 is 0 Å². The molecule has 0 radical (unpaired) electrons. The molecular formula is C22H27N3O2S. The molecule has 3 heterocycles. The zero-order chi connectivity index (χ0) is 19.5. The van der Waals surface area contributed by atoms with Gasteiger partial charge in [0.2, 0.25) is 5.91 Å². The largest absolute Gasteiger partial charge is 0.368 e. The molecule has 148 valence electrons. The predicted octanol–water partition coefficient (Wildman–Crippen LogP) is 3.40. The first-order valence-corrected chi connectivity index (χ1v) is 11.0. The van der Waals surface area contributed by atoms with Crippen LogP contribution >= 0.6 is 11.3 Å². The van der Waals surface area contributed by atoms with E-state index in [2.05, 4.69) is 36.1 Å². The number of piperazine rings is 1. The lowest BCUT2D eigenvalue weighted by atomic mass is 10.00. The first-order chi connectivity index (χ1) is 13.6. The second kappa shape index (κ2) is 8.35. The number of anilines is 1. The molecule has 0 N–H and O–H groups in total. The molecule has 1 aromatic heterocycles. The Kier molecular flexibility index (Phi) is 5.67. The maximum absolute atomic E-state index is 13.3. The second-order valence-electron chi connectivity index (χ2n) is 7.64. The lowest BCUT2D eigenvalue weighted by Gasteiger charge is -2.41. The van der Waals surface area contributed by atoms with Gasteiger partial charge >= 0.3 is 0 Å². The number of carbonyl (C=O) groups excluding carboxylic acids is 2. The molecule has 2 amide bonds. The van der Waals surface area contributed by atoms with Gasteiger partial charge in [-0.05, 0) is 55.3 Å². The summed E-state index contributed by atoms with van der Waals surface area (Å²) in [6, 6.07) is 11.9. The van der Waals surface area contributed by atoms with Crippen LogP contribution in [0.4, 0.5) is 5.69 Å². The number of likely N-dealkylation sites (tertiary alicyclic amines) is 1. The van der Waals surface area contributed by atoms with Crippen LogP contribution in [0.25, 0.3) is 0 Å². The zero-order valence-corrected chi connectivity index (χ0v) is 17.2. The summed E-state index contributed by atoms with van der Waals surface area (Å²) in [5, 5.41) is 1.92. The molecule has 2 saturated heterocycles. The lowest BCUT2D eigenvalue weighted by Crippen LogP contribution is -2.57. The molecule has 0 aliphatic carbocycles. The summed E-state index contributed by atoms with van der Waals surface area (Å²) in [6.07, 6.45) is 2.75. The molecular weight excluding hydrogens is 370 g/mol. The van der Waals surface area contributed by atoms with Gasteiger partial charge in [-0.15, -0.1) is 11.3 Å². The number of carbonyl (C=O) groups is 2. The first-order valence-electron chi connectivity index (χ1n) is 10.1. The van der Waals surface area contributed by atoms with Gasteiger partial charge in [0.1, 0.15) is 6.04 Å². The van der Waals surface area contributed by atoms with Crippen molar-refractivity contribution in [1.29, 1.82) is 0 Å². The fraction of sp³-hybridized carbons (Fsp3) is 0.455. The Morgan fingerprint density at radius 1 is 1.00 bits per heavy atom. The van der Waals surface area contributed by atoms with Crippen LogP contribution in [-0.2, 0) is 4.79 Å². The number of rotatable bonds is 3. The Hall–Kier alpha value is -2.34. The third-order valence-electron chi connectivity index (χ3n) is 5.74. The van der Waals surface area contributed by atoms with Crippen LogP contribution in [0.1, 0.15) is 34.5 Å². The highest BCUT2D eigenvalue weighted by Gasteiger charge is 2.36. The normalized spacial score (nSPS) is 20.3. The SMILES string of the molecule is Cc1cccc(N2CCN(C(=O)C3CCCCN3C(=O)c3cccs3)CC2)c1. The molecule has 1 aromatic carbocycles. The minimum absolute atomic E-state index is 0.00597. The van der Waals surface area contributed by atoms with Crippen LogP contribution in [0.3, 0.4) is 0 Å². The van der Waals surface area contributed by atoms with E-state index in [1.54, 1.807) is 0 Å². The number of amides is 2. The first kappa shape index (κ1) is 19.0. The van der Waals surface area contributed by atoms with E-state index in [9.17, 15) is 9.59 Å². The number of hydrogen-bond acceptors (Lipinski definition) is 4.